The molecule has 1 rings (SSSR count). The highest BCUT2D eigenvalue weighted by Gasteiger charge is 2.92. The third-order valence-electron chi connectivity index (χ3n) is 8.29. The summed E-state index contributed by atoms with van der Waals surface area (Å²) in [4.78, 5) is 0. The summed E-state index contributed by atoms with van der Waals surface area (Å²) in [5.74, 6) is -77.8. The Hall–Kier alpha value is -1.90. The molecule has 0 amide bonds. The Labute approximate surface area is 292 Å². The quantitative estimate of drug-likeness (QED) is 0.0951. The van der Waals surface area contributed by atoms with Crippen molar-refractivity contribution >= 4 is 0 Å². The van der Waals surface area contributed by atoms with E-state index in [1.165, 1.54) is 13.8 Å². The van der Waals surface area contributed by atoms with Gasteiger partial charge in [-0.2, -0.15) is 114 Å². The molecule has 0 atom stereocenters. The van der Waals surface area contributed by atoms with Crippen LogP contribution >= 0.6 is 0 Å². The Kier molecular flexibility index (Phi) is 14.3. The van der Waals surface area contributed by atoms with E-state index in [1.807, 2.05) is 0 Å². The summed E-state index contributed by atoms with van der Waals surface area (Å²) in [6, 6.07) is 0. The van der Waals surface area contributed by atoms with Crippen LogP contribution in [0.2, 0.25) is 0 Å². The Balaban J connectivity index is 3.14. The maximum Gasteiger partial charge on any atom is 0.460 e. The molecule has 0 aromatic rings. The van der Waals surface area contributed by atoms with Crippen LogP contribution in [0, 0.1) is 11.3 Å². The molecule has 0 bridgehead atoms. The van der Waals surface area contributed by atoms with Crippen molar-refractivity contribution in [2.24, 2.45) is 11.3 Å². The lowest BCUT2D eigenvalue weighted by atomic mass is 9.88. The summed E-state index contributed by atoms with van der Waals surface area (Å²) in [6.45, 7) is 2.55. The fourth-order valence-electron chi connectivity index (χ4n) is 4.82. The van der Waals surface area contributed by atoms with Crippen molar-refractivity contribution in [1.82, 2.24) is 0 Å². The van der Waals surface area contributed by atoms with Crippen molar-refractivity contribution in [3.63, 3.8) is 0 Å². The number of halogens is 26. The van der Waals surface area contributed by atoms with Gasteiger partial charge >= 0.3 is 71.6 Å². The van der Waals surface area contributed by atoms with E-state index in [0.29, 0.717) is 0 Å². The van der Waals surface area contributed by atoms with Crippen LogP contribution in [0.15, 0.2) is 0 Å². The number of unbranched alkanes of at least 4 members (excludes halogenated alkanes) is 2. The Bertz CT molecular complexity index is 1170. The first-order chi connectivity index (χ1) is 23.9. The number of ether oxygens (including phenoxy) is 2. The molecule has 1 aliphatic heterocycles. The summed E-state index contributed by atoms with van der Waals surface area (Å²) in [5.41, 5.74) is -0.783. The second-order valence-corrected chi connectivity index (χ2v) is 13.4. The van der Waals surface area contributed by atoms with Gasteiger partial charge in [0.25, 0.3) is 0 Å². The van der Waals surface area contributed by atoms with Crippen molar-refractivity contribution < 1.29 is 124 Å². The first kappa shape index (κ1) is 51.1. The Morgan fingerprint density at radius 1 is 0.400 bits per heavy atom. The smallest absolute Gasteiger partial charge is 0.352 e. The molecule has 1 aliphatic rings. The molecule has 1 heterocycles. The third kappa shape index (κ3) is 9.07. The molecular weight excluding hydrogens is 850 g/mol. The molecule has 2 nitrogen and oxygen atoms in total. The van der Waals surface area contributed by atoms with E-state index in [2.05, 4.69) is 0 Å². The minimum atomic E-state index is -8.15. The van der Waals surface area contributed by atoms with E-state index < -0.39 is 141 Å². The molecule has 0 saturated carbocycles. The molecular formula is C27H28F26O2. The minimum Gasteiger partial charge on any atom is -0.352 e. The summed E-state index contributed by atoms with van der Waals surface area (Å²) in [5, 5.41) is 0. The van der Waals surface area contributed by atoms with Gasteiger partial charge in [-0.15, -0.1) is 0 Å². The Morgan fingerprint density at radius 2 is 0.655 bits per heavy atom. The largest absolute Gasteiger partial charge is 0.460 e. The zero-order valence-corrected chi connectivity index (χ0v) is 27.4. The zero-order valence-electron chi connectivity index (χ0n) is 27.4. The van der Waals surface area contributed by atoms with E-state index in [4.69, 9.17) is 9.47 Å². The third-order valence-corrected chi connectivity index (χ3v) is 8.29. The van der Waals surface area contributed by atoms with Gasteiger partial charge in [-0.3, -0.25) is 0 Å². The van der Waals surface area contributed by atoms with E-state index in [1.54, 1.807) is 0 Å². The zero-order chi connectivity index (χ0) is 44.1. The normalized spacial score (nSPS) is 18.7. The van der Waals surface area contributed by atoms with Gasteiger partial charge in [-0.1, -0.05) is 26.7 Å². The van der Waals surface area contributed by atoms with Gasteiger partial charge in [0.1, 0.15) is 0 Å². The molecule has 55 heavy (non-hydrogen) atoms. The maximum atomic E-state index is 14.1. The predicted molar refractivity (Wildman–Crippen MR) is 131 cm³/mol. The van der Waals surface area contributed by atoms with Gasteiger partial charge in [0.05, 0.1) is 13.2 Å². The van der Waals surface area contributed by atoms with E-state index in [-0.39, 0.29) is 13.2 Å². The monoisotopic (exact) mass is 878 g/mol. The molecule has 0 spiro atoms. The number of hydrogen-bond donors (Lipinski definition) is 0. The van der Waals surface area contributed by atoms with Crippen molar-refractivity contribution in [2.45, 2.75) is 143 Å². The van der Waals surface area contributed by atoms with Crippen LogP contribution in [0.3, 0.4) is 0 Å². The van der Waals surface area contributed by atoms with Crippen LogP contribution in [0.4, 0.5) is 114 Å². The molecule has 330 valence electrons. The summed E-state index contributed by atoms with van der Waals surface area (Å²) >= 11 is 0. The van der Waals surface area contributed by atoms with Gasteiger partial charge in [-0.25, -0.2) is 0 Å². The van der Waals surface area contributed by atoms with E-state index >= 15 is 0 Å². The standard InChI is InChI=1S/C27H28F26O2/c1-15(2)11-54-14(55-12-15)13(7-3-5-9-16(28,29)18(32,33)20(36,37)22(40,41)24(44,45)26(48,49)50)8-4-6-10-17(30,31)19(34,35)21(38,39)23(42,43)25(46,47)27(51,52)53/h13-14H,3-12H2,1-2H3. The van der Waals surface area contributed by atoms with Crippen LogP contribution in [0.5, 0.6) is 0 Å². The Morgan fingerprint density at radius 3 is 0.909 bits per heavy atom. The van der Waals surface area contributed by atoms with E-state index in [9.17, 15) is 114 Å². The van der Waals surface area contributed by atoms with Crippen LogP contribution in [-0.2, 0) is 9.47 Å². The first-order valence-electron chi connectivity index (χ1n) is 15.0. The molecule has 1 fully saturated rings. The highest BCUT2D eigenvalue weighted by Crippen LogP contribution is 2.62. The predicted octanol–water partition coefficient (Wildman–Crippen LogP) is 12.6. The topological polar surface area (TPSA) is 18.5 Å². The average Bonchev–Trinajstić information content (AvgIpc) is 2.98. The lowest BCUT2D eigenvalue weighted by Crippen LogP contribution is -2.70. The van der Waals surface area contributed by atoms with Crippen molar-refractivity contribution in [1.29, 1.82) is 0 Å². The molecule has 0 radical (unpaired) electrons. The molecule has 0 N–H and O–H groups in total. The van der Waals surface area contributed by atoms with Gasteiger partial charge in [0, 0.05) is 24.2 Å². The highest BCUT2D eigenvalue weighted by molar-refractivity contribution is 5.11. The highest BCUT2D eigenvalue weighted by atomic mass is 19.4. The minimum absolute atomic E-state index is 0.236. The van der Waals surface area contributed by atoms with Gasteiger partial charge in [-0.05, 0) is 25.7 Å². The second-order valence-electron chi connectivity index (χ2n) is 13.4. The van der Waals surface area contributed by atoms with Gasteiger partial charge in [0.15, 0.2) is 6.29 Å². The van der Waals surface area contributed by atoms with Crippen molar-refractivity contribution in [2.75, 3.05) is 13.2 Å². The van der Waals surface area contributed by atoms with Crippen LogP contribution in [0.25, 0.3) is 0 Å². The molecule has 0 aromatic heterocycles. The summed E-state index contributed by atoms with van der Waals surface area (Å²) in [6.07, 6.45) is -28.4. The average molecular weight is 878 g/mol. The lowest BCUT2D eigenvalue weighted by Gasteiger charge is -2.40. The van der Waals surface area contributed by atoms with Gasteiger partial charge in [0.2, 0.25) is 0 Å². The number of hydrogen-bond acceptors (Lipinski definition) is 2. The SMILES string of the molecule is CC1(C)COC(C(CCCCC(F)(F)C(F)(F)C(F)(F)C(F)(F)C(F)(F)C(F)(F)F)CCCCC(F)(F)C(F)(F)C(F)(F)C(F)(F)C(F)(F)C(F)(F)F)OC1. The van der Waals surface area contributed by atoms with Crippen LogP contribution in [-0.4, -0.2) is 91.1 Å². The molecule has 0 aromatic carbocycles. The molecule has 28 heteroatoms. The van der Waals surface area contributed by atoms with Crippen LogP contribution in [0.1, 0.15) is 65.2 Å². The van der Waals surface area contributed by atoms with Gasteiger partial charge < -0.3 is 9.47 Å². The van der Waals surface area contributed by atoms with Crippen molar-refractivity contribution in [3.8, 4) is 0 Å². The summed E-state index contributed by atoms with van der Waals surface area (Å²) in [7, 11) is 0. The lowest BCUT2D eigenvalue weighted by molar-refractivity contribution is -0.440. The van der Waals surface area contributed by atoms with Crippen molar-refractivity contribution in [3.05, 3.63) is 0 Å². The molecule has 1 saturated heterocycles. The first-order valence-corrected chi connectivity index (χ1v) is 15.0. The van der Waals surface area contributed by atoms with E-state index in [0.717, 1.165) is 0 Å². The second kappa shape index (κ2) is 15.4. The fraction of sp³-hybridized carbons (Fsp3) is 1.00. The number of alkyl halides is 26. The number of rotatable bonds is 19. The molecule has 0 unspecified atom stereocenters. The van der Waals surface area contributed by atoms with Crippen LogP contribution < -0.4 is 0 Å². The molecule has 0 aliphatic carbocycles. The maximum absolute atomic E-state index is 14.1. The fourth-order valence-corrected chi connectivity index (χ4v) is 4.82. The summed E-state index contributed by atoms with van der Waals surface area (Å²) < 4.78 is 357.